The molecule has 0 bridgehead atoms. The fraction of sp³-hybridized carbons (Fsp3) is 0.400. The molecule has 1 rings (SSSR count). The van der Waals surface area contributed by atoms with Crippen LogP contribution in [-0.2, 0) is 9.47 Å². The molecule has 1 aromatic carbocycles. The molecule has 1 aromatic rings. The minimum absolute atomic E-state index is 0.0319. The van der Waals surface area contributed by atoms with Crippen molar-refractivity contribution in [3.63, 3.8) is 0 Å². The normalized spacial score (nSPS) is 10.7. The van der Waals surface area contributed by atoms with E-state index in [4.69, 9.17) is 14.2 Å². The second kappa shape index (κ2) is 5.63. The van der Waals surface area contributed by atoms with Crippen LogP contribution in [0.15, 0.2) is 18.2 Å². The predicted octanol–water partition coefficient (Wildman–Crippen LogP) is 1.96. The highest BCUT2D eigenvalue weighted by atomic mass is 19.1. The molecule has 0 aliphatic carbocycles. The molecule has 0 saturated carbocycles. The van der Waals surface area contributed by atoms with Crippen LogP contribution in [0.25, 0.3) is 0 Å². The summed E-state index contributed by atoms with van der Waals surface area (Å²) in [5.74, 6) is -1.42. The van der Waals surface area contributed by atoms with E-state index < -0.39 is 17.9 Å². The molecule has 0 unspecified atom stereocenters. The summed E-state index contributed by atoms with van der Waals surface area (Å²) in [6, 6.07) is 3.09. The number of rotatable bonds is 5. The van der Waals surface area contributed by atoms with Gasteiger partial charge in [0.25, 0.3) is 0 Å². The SMILES string of the molecule is COC(COc1ccc(F)cc1F)OC. The Balaban J connectivity index is 2.57. The largest absolute Gasteiger partial charge is 0.485 e. The molecule has 5 heteroatoms. The van der Waals surface area contributed by atoms with E-state index in [1.807, 2.05) is 0 Å². The highest BCUT2D eigenvalue weighted by Crippen LogP contribution is 2.17. The highest BCUT2D eigenvalue weighted by Gasteiger charge is 2.09. The minimum atomic E-state index is -0.749. The summed E-state index contributed by atoms with van der Waals surface area (Å²) < 4.78 is 40.3. The van der Waals surface area contributed by atoms with E-state index >= 15 is 0 Å². The van der Waals surface area contributed by atoms with Crippen molar-refractivity contribution in [3.8, 4) is 5.75 Å². The van der Waals surface area contributed by atoms with E-state index in [9.17, 15) is 8.78 Å². The first-order chi connectivity index (χ1) is 7.17. The van der Waals surface area contributed by atoms with E-state index in [2.05, 4.69) is 0 Å². The van der Waals surface area contributed by atoms with Crippen LogP contribution in [0.1, 0.15) is 0 Å². The van der Waals surface area contributed by atoms with Crippen LogP contribution >= 0.6 is 0 Å². The van der Waals surface area contributed by atoms with Crippen LogP contribution in [0.4, 0.5) is 8.78 Å². The van der Waals surface area contributed by atoms with E-state index in [0.717, 1.165) is 12.1 Å². The van der Waals surface area contributed by atoms with Gasteiger partial charge in [-0.3, -0.25) is 0 Å². The Kier molecular flexibility index (Phi) is 4.45. The highest BCUT2D eigenvalue weighted by molar-refractivity contribution is 5.24. The maximum atomic E-state index is 13.1. The molecule has 0 spiro atoms. The van der Waals surface area contributed by atoms with Gasteiger partial charge >= 0.3 is 0 Å². The monoisotopic (exact) mass is 218 g/mol. The molecule has 0 radical (unpaired) electrons. The lowest BCUT2D eigenvalue weighted by Crippen LogP contribution is -2.22. The van der Waals surface area contributed by atoms with Gasteiger partial charge in [0.1, 0.15) is 12.4 Å². The summed E-state index contributed by atoms with van der Waals surface area (Å²) in [6.45, 7) is 0.0373. The average molecular weight is 218 g/mol. The zero-order valence-electron chi connectivity index (χ0n) is 8.50. The van der Waals surface area contributed by atoms with Crippen LogP contribution in [0.2, 0.25) is 0 Å². The summed E-state index contributed by atoms with van der Waals surface area (Å²) >= 11 is 0. The van der Waals surface area contributed by atoms with Gasteiger partial charge in [-0.25, -0.2) is 8.78 Å². The predicted molar refractivity (Wildman–Crippen MR) is 49.7 cm³/mol. The molecule has 0 aliphatic heterocycles. The zero-order valence-corrected chi connectivity index (χ0v) is 8.50. The molecule has 3 nitrogen and oxygen atoms in total. The molecule has 15 heavy (non-hydrogen) atoms. The summed E-state index contributed by atoms with van der Waals surface area (Å²) in [6.07, 6.45) is -0.575. The summed E-state index contributed by atoms with van der Waals surface area (Å²) in [4.78, 5) is 0. The standard InChI is InChI=1S/C10H12F2O3/c1-13-10(14-2)6-15-9-4-3-7(11)5-8(9)12/h3-5,10H,6H2,1-2H3. The lowest BCUT2D eigenvalue weighted by atomic mass is 10.3. The third-order valence-corrected chi connectivity index (χ3v) is 1.79. The van der Waals surface area contributed by atoms with Gasteiger partial charge in [0.2, 0.25) is 0 Å². The maximum absolute atomic E-state index is 13.1. The minimum Gasteiger partial charge on any atom is -0.485 e. The first-order valence-electron chi connectivity index (χ1n) is 4.30. The number of benzene rings is 1. The van der Waals surface area contributed by atoms with Crippen molar-refractivity contribution in [1.29, 1.82) is 0 Å². The van der Waals surface area contributed by atoms with Gasteiger partial charge < -0.3 is 14.2 Å². The van der Waals surface area contributed by atoms with Gasteiger partial charge in [-0.05, 0) is 12.1 Å². The Labute approximate surface area is 86.6 Å². The third kappa shape index (κ3) is 3.45. The average Bonchev–Trinajstić information content (AvgIpc) is 2.22. The topological polar surface area (TPSA) is 27.7 Å². The van der Waals surface area contributed by atoms with Crippen LogP contribution in [-0.4, -0.2) is 27.1 Å². The molecule has 0 fully saturated rings. The Hall–Kier alpha value is -1.20. The smallest absolute Gasteiger partial charge is 0.191 e. The van der Waals surface area contributed by atoms with Gasteiger partial charge in [0, 0.05) is 20.3 Å². The van der Waals surface area contributed by atoms with Gasteiger partial charge in [0.05, 0.1) is 0 Å². The first kappa shape index (κ1) is 11.9. The second-order valence-electron chi connectivity index (χ2n) is 2.79. The maximum Gasteiger partial charge on any atom is 0.191 e. The summed E-state index contributed by atoms with van der Waals surface area (Å²) in [5.41, 5.74) is 0. The van der Waals surface area contributed by atoms with Gasteiger partial charge in [-0.15, -0.1) is 0 Å². The van der Waals surface area contributed by atoms with E-state index in [0.29, 0.717) is 0 Å². The Morgan fingerprint density at radius 3 is 2.40 bits per heavy atom. The Morgan fingerprint density at radius 2 is 1.87 bits per heavy atom. The quantitative estimate of drug-likeness (QED) is 0.707. The van der Waals surface area contributed by atoms with Crippen molar-refractivity contribution in [2.45, 2.75) is 6.29 Å². The van der Waals surface area contributed by atoms with Crippen LogP contribution in [0.3, 0.4) is 0 Å². The van der Waals surface area contributed by atoms with Crippen LogP contribution in [0.5, 0.6) is 5.75 Å². The van der Waals surface area contributed by atoms with Gasteiger partial charge in [-0.2, -0.15) is 0 Å². The fourth-order valence-electron chi connectivity index (χ4n) is 0.982. The molecule has 0 N–H and O–H groups in total. The second-order valence-corrected chi connectivity index (χ2v) is 2.79. The number of hydrogen-bond donors (Lipinski definition) is 0. The van der Waals surface area contributed by atoms with Crippen LogP contribution < -0.4 is 4.74 Å². The summed E-state index contributed by atoms with van der Waals surface area (Å²) in [7, 11) is 2.89. The molecule has 0 saturated heterocycles. The fourth-order valence-corrected chi connectivity index (χ4v) is 0.982. The number of hydrogen-bond acceptors (Lipinski definition) is 3. The molecule has 84 valence electrons. The summed E-state index contributed by atoms with van der Waals surface area (Å²) in [5, 5.41) is 0. The molecule has 0 atom stereocenters. The third-order valence-electron chi connectivity index (χ3n) is 1.79. The molecular formula is C10H12F2O3. The van der Waals surface area contributed by atoms with Gasteiger partial charge in [-0.1, -0.05) is 0 Å². The Morgan fingerprint density at radius 1 is 1.20 bits per heavy atom. The lowest BCUT2D eigenvalue weighted by Gasteiger charge is -2.14. The number of halogens is 2. The van der Waals surface area contributed by atoms with Crippen molar-refractivity contribution in [2.75, 3.05) is 20.8 Å². The van der Waals surface area contributed by atoms with Crippen molar-refractivity contribution in [3.05, 3.63) is 29.8 Å². The van der Waals surface area contributed by atoms with Crippen LogP contribution in [0, 0.1) is 11.6 Å². The van der Waals surface area contributed by atoms with Crippen molar-refractivity contribution < 1.29 is 23.0 Å². The molecule has 0 aromatic heterocycles. The number of methoxy groups -OCH3 is 2. The molecule has 0 aliphatic rings. The van der Waals surface area contributed by atoms with E-state index in [1.165, 1.54) is 20.3 Å². The zero-order chi connectivity index (χ0) is 11.3. The molecule has 0 heterocycles. The van der Waals surface area contributed by atoms with E-state index in [-0.39, 0.29) is 12.4 Å². The Bertz CT molecular complexity index is 314. The first-order valence-corrected chi connectivity index (χ1v) is 4.30. The van der Waals surface area contributed by atoms with Gasteiger partial charge in [0.15, 0.2) is 17.9 Å². The molecular weight excluding hydrogens is 206 g/mol. The van der Waals surface area contributed by atoms with E-state index in [1.54, 1.807) is 0 Å². The number of ether oxygens (including phenoxy) is 3. The lowest BCUT2D eigenvalue weighted by molar-refractivity contribution is -0.122. The van der Waals surface area contributed by atoms with Crippen molar-refractivity contribution in [1.82, 2.24) is 0 Å². The van der Waals surface area contributed by atoms with Crippen molar-refractivity contribution in [2.24, 2.45) is 0 Å². The van der Waals surface area contributed by atoms with Crippen molar-refractivity contribution >= 4 is 0 Å². The molecule has 0 amide bonds.